The summed E-state index contributed by atoms with van der Waals surface area (Å²) in [6.07, 6.45) is 1.49. The number of halogens is 1. The molecule has 0 saturated carbocycles. The number of pyridine rings is 1. The molecule has 88 valence electrons. The monoisotopic (exact) mass is 233 g/mol. The van der Waals surface area contributed by atoms with E-state index in [-0.39, 0.29) is 17.0 Å². The van der Waals surface area contributed by atoms with Crippen LogP contribution in [0.3, 0.4) is 0 Å². The largest absolute Gasteiger partial charge is 0.494 e. The predicted octanol–water partition coefficient (Wildman–Crippen LogP) is 2.06. The van der Waals surface area contributed by atoms with Crippen molar-refractivity contribution < 1.29 is 9.13 Å². The number of hydrogen-bond acceptors (Lipinski definition) is 4. The van der Waals surface area contributed by atoms with Crippen molar-refractivity contribution in [3.8, 4) is 17.0 Å². The van der Waals surface area contributed by atoms with Gasteiger partial charge in [0.1, 0.15) is 0 Å². The Morgan fingerprint density at radius 2 is 2.00 bits per heavy atom. The Kier molecular flexibility index (Phi) is 2.82. The molecular formula is C12H12FN3O. The van der Waals surface area contributed by atoms with E-state index in [2.05, 4.69) is 4.98 Å². The van der Waals surface area contributed by atoms with Gasteiger partial charge in [0.15, 0.2) is 11.6 Å². The van der Waals surface area contributed by atoms with Gasteiger partial charge in [0.05, 0.1) is 24.2 Å². The number of benzene rings is 1. The van der Waals surface area contributed by atoms with Crippen molar-refractivity contribution >= 4 is 11.4 Å². The fraction of sp³-hybridized carbons (Fsp3) is 0.0833. The number of nitrogens with zero attached hydrogens (tertiary/aromatic N) is 1. The van der Waals surface area contributed by atoms with Crippen LogP contribution in [-0.2, 0) is 0 Å². The van der Waals surface area contributed by atoms with Crippen LogP contribution in [0.1, 0.15) is 0 Å². The van der Waals surface area contributed by atoms with Gasteiger partial charge in [0.2, 0.25) is 0 Å². The van der Waals surface area contributed by atoms with Gasteiger partial charge in [-0.05, 0) is 18.2 Å². The molecule has 17 heavy (non-hydrogen) atoms. The van der Waals surface area contributed by atoms with Crippen LogP contribution in [-0.4, -0.2) is 12.1 Å². The van der Waals surface area contributed by atoms with E-state index in [0.29, 0.717) is 11.4 Å². The van der Waals surface area contributed by atoms with Gasteiger partial charge < -0.3 is 16.2 Å². The van der Waals surface area contributed by atoms with Gasteiger partial charge in [0, 0.05) is 11.8 Å². The molecule has 0 amide bonds. The lowest BCUT2D eigenvalue weighted by molar-refractivity contribution is 0.387. The standard InChI is InChI=1S/C12H12FN3O/c1-17-9-4-2-3-7(10(9)13)12-11(15)8(14)5-6-16-12/h2-6H,15H2,1H3,(H2,14,16). The molecule has 0 aliphatic rings. The van der Waals surface area contributed by atoms with E-state index < -0.39 is 5.82 Å². The molecule has 5 heteroatoms. The first-order valence-corrected chi connectivity index (χ1v) is 4.98. The van der Waals surface area contributed by atoms with E-state index >= 15 is 0 Å². The molecule has 0 fully saturated rings. The van der Waals surface area contributed by atoms with E-state index in [0.717, 1.165) is 0 Å². The fourth-order valence-electron chi connectivity index (χ4n) is 1.55. The zero-order chi connectivity index (χ0) is 12.4. The van der Waals surface area contributed by atoms with Gasteiger partial charge in [-0.15, -0.1) is 0 Å². The summed E-state index contributed by atoms with van der Waals surface area (Å²) in [5.41, 5.74) is 12.7. The molecule has 1 heterocycles. The normalized spacial score (nSPS) is 10.2. The molecule has 2 aromatic rings. The summed E-state index contributed by atoms with van der Waals surface area (Å²) in [5, 5.41) is 0. The molecule has 0 aliphatic heterocycles. The second-order valence-corrected chi connectivity index (χ2v) is 3.48. The van der Waals surface area contributed by atoms with Crippen LogP contribution in [0.4, 0.5) is 15.8 Å². The molecule has 1 aromatic heterocycles. The van der Waals surface area contributed by atoms with Crippen molar-refractivity contribution in [2.24, 2.45) is 0 Å². The topological polar surface area (TPSA) is 74.2 Å². The van der Waals surface area contributed by atoms with Crippen LogP contribution in [0.2, 0.25) is 0 Å². The molecular weight excluding hydrogens is 221 g/mol. The highest BCUT2D eigenvalue weighted by Crippen LogP contribution is 2.32. The number of ether oxygens (including phenoxy) is 1. The van der Waals surface area contributed by atoms with E-state index in [1.54, 1.807) is 18.2 Å². The SMILES string of the molecule is COc1cccc(-c2nccc(N)c2N)c1F. The number of methoxy groups -OCH3 is 1. The number of rotatable bonds is 2. The first-order valence-electron chi connectivity index (χ1n) is 4.98. The highest BCUT2D eigenvalue weighted by atomic mass is 19.1. The molecule has 0 radical (unpaired) electrons. The molecule has 0 bridgehead atoms. The van der Waals surface area contributed by atoms with E-state index in [9.17, 15) is 4.39 Å². The molecule has 0 unspecified atom stereocenters. The quantitative estimate of drug-likeness (QED) is 0.832. The van der Waals surface area contributed by atoms with Crippen LogP contribution < -0.4 is 16.2 Å². The molecule has 0 spiro atoms. The predicted molar refractivity (Wildman–Crippen MR) is 65.0 cm³/mol. The zero-order valence-electron chi connectivity index (χ0n) is 9.27. The van der Waals surface area contributed by atoms with Crippen LogP contribution in [0, 0.1) is 5.82 Å². The van der Waals surface area contributed by atoms with Crippen molar-refractivity contribution in [1.29, 1.82) is 0 Å². The van der Waals surface area contributed by atoms with Crippen LogP contribution in [0.15, 0.2) is 30.5 Å². The summed E-state index contributed by atoms with van der Waals surface area (Å²) in [6.45, 7) is 0. The third-order valence-corrected chi connectivity index (χ3v) is 2.46. The molecule has 4 nitrogen and oxygen atoms in total. The van der Waals surface area contributed by atoms with Crippen LogP contribution in [0.5, 0.6) is 5.75 Å². The minimum absolute atomic E-state index is 0.145. The third kappa shape index (κ3) is 1.87. The van der Waals surface area contributed by atoms with Crippen molar-refractivity contribution in [1.82, 2.24) is 4.98 Å². The van der Waals surface area contributed by atoms with Crippen molar-refractivity contribution in [2.75, 3.05) is 18.6 Å². The summed E-state index contributed by atoms with van der Waals surface area (Å²) >= 11 is 0. The highest BCUT2D eigenvalue weighted by Gasteiger charge is 2.14. The molecule has 1 aromatic carbocycles. The fourth-order valence-corrected chi connectivity index (χ4v) is 1.55. The number of nitrogens with two attached hydrogens (primary N) is 2. The smallest absolute Gasteiger partial charge is 0.174 e. The van der Waals surface area contributed by atoms with Gasteiger partial charge in [-0.3, -0.25) is 4.98 Å². The van der Waals surface area contributed by atoms with E-state index in [4.69, 9.17) is 16.2 Å². The summed E-state index contributed by atoms with van der Waals surface area (Å²) in [5.74, 6) is -0.356. The maximum absolute atomic E-state index is 14.0. The second-order valence-electron chi connectivity index (χ2n) is 3.48. The van der Waals surface area contributed by atoms with Gasteiger partial charge >= 0.3 is 0 Å². The first kappa shape index (κ1) is 11.2. The number of hydrogen-bond donors (Lipinski definition) is 2. The van der Waals surface area contributed by atoms with Crippen molar-refractivity contribution in [3.63, 3.8) is 0 Å². The molecule has 2 rings (SSSR count). The third-order valence-electron chi connectivity index (χ3n) is 2.46. The van der Waals surface area contributed by atoms with Crippen molar-refractivity contribution in [2.45, 2.75) is 0 Å². The van der Waals surface area contributed by atoms with Gasteiger partial charge in [-0.1, -0.05) is 6.07 Å². The molecule has 0 saturated heterocycles. The van der Waals surface area contributed by atoms with Crippen molar-refractivity contribution in [3.05, 3.63) is 36.3 Å². The molecule has 4 N–H and O–H groups in total. The minimum Gasteiger partial charge on any atom is -0.494 e. The Hall–Kier alpha value is -2.30. The molecule has 0 atom stereocenters. The summed E-state index contributed by atoms with van der Waals surface area (Å²) in [6, 6.07) is 6.34. The van der Waals surface area contributed by atoms with Gasteiger partial charge in [-0.2, -0.15) is 0 Å². The van der Waals surface area contributed by atoms with Gasteiger partial charge in [0.25, 0.3) is 0 Å². The summed E-state index contributed by atoms with van der Waals surface area (Å²) < 4.78 is 18.9. The average Bonchev–Trinajstić information content (AvgIpc) is 2.33. The number of aromatic nitrogens is 1. The zero-order valence-corrected chi connectivity index (χ0v) is 9.27. The summed E-state index contributed by atoms with van der Waals surface area (Å²) in [7, 11) is 1.40. The second kappa shape index (κ2) is 4.29. The summed E-state index contributed by atoms with van der Waals surface area (Å²) in [4.78, 5) is 4.05. The first-order chi connectivity index (χ1) is 8.15. The Labute approximate surface area is 98.0 Å². The Bertz CT molecular complexity index is 557. The average molecular weight is 233 g/mol. The highest BCUT2D eigenvalue weighted by molar-refractivity contribution is 5.81. The van der Waals surface area contributed by atoms with Crippen LogP contribution >= 0.6 is 0 Å². The number of anilines is 2. The maximum Gasteiger partial charge on any atom is 0.174 e. The Balaban J connectivity index is 2.65. The molecule has 0 aliphatic carbocycles. The number of nitrogen functional groups attached to an aromatic ring is 2. The lowest BCUT2D eigenvalue weighted by Gasteiger charge is -2.10. The van der Waals surface area contributed by atoms with Gasteiger partial charge in [-0.25, -0.2) is 4.39 Å². The Morgan fingerprint density at radius 1 is 1.24 bits per heavy atom. The van der Waals surface area contributed by atoms with E-state index in [1.165, 1.54) is 19.4 Å². The maximum atomic E-state index is 14.0. The minimum atomic E-state index is -0.500. The Morgan fingerprint density at radius 3 is 2.71 bits per heavy atom. The lowest BCUT2D eigenvalue weighted by atomic mass is 10.1. The van der Waals surface area contributed by atoms with Crippen LogP contribution in [0.25, 0.3) is 11.3 Å². The van der Waals surface area contributed by atoms with E-state index in [1.807, 2.05) is 0 Å². The lowest BCUT2D eigenvalue weighted by Crippen LogP contribution is -2.01.